The number of amidine groups is 1. The summed E-state index contributed by atoms with van der Waals surface area (Å²) in [6.45, 7) is 1.69. The number of hydrogen-bond acceptors (Lipinski definition) is 7. The van der Waals surface area contributed by atoms with Crippen LogP contribution >= 0.6 is 23.1 Å². The maximum atomic E-state index is 14.9. The summed E-state index contributed by atoms with van der Waals surface area (Å²) in [4.78, 5) is 22.9. The summed E-state index contributed by atoms with van der Waals surface area (Å²) >= 11 is 2.06. The van der Waals surface area contributed by atoms with E-state index in [-0.39, 0.29) is 26.5 Å². The largest absolute Gasteiger partial charge is 0.378 e. The Bertz CT molecular complexity index is 1240. The summed E-state index contributed by atoms with van der Waals surface area (Å²) in [6, 6.07) is 6.07. The minimum Gasteiger partial charge on any atom is -0.378 e. The topological polar surface area (TPSA) is 95.4 Å². The number of benzene rings is 1. The van der Waals surface area contributed by atoms with Gasteiger partial charge in [-0.15, -0.1) is 11.3 Å². The molecule has 0 unspecified atom stereocenters. The third-order valence-corrected chi connectivity index (χ3v) is 7.19. The molecule has 2 heterocycles. The molecule has 0 fully saturated rings. The van der Waals surface area contributed by atoms with Gasteiger partial charge in [-0.05, 0) is 36.3 Å². The first-order valence-corrected chi connectivity index (χ1v) is 10.8. The van der Waals surface area contributed by atoms with Crippen LogP contribution in [0, 0.1) is 17.1 Å². The number of rotatable bonds is 4. The molecule has 2 aromatic rings. The third-order valence-electron chi connectivity index (χ3n) is 5.14. The van der Waals surface area contributed by atoms with E-state index in [1.54, 1.807) is 27.1 Å². The highest BCUT2D eigenvalue weighted by Gasteiger charge is 2.63. The van der Waals surface area contributed by atoms with Crippen molar-refractivity contribution in [1.29, 1.82) is 5.26 Å². The number of carbonyl (C=O) groups excluding carboxylic acids is 1. The second-order valence-corrected chi connectivity index (χ2v) is 9.79. The zero-order valence-electron chi connectivity index (χ0n) is 16.8. The summed E-state index contributed by atoms with van der Waals surface area (Å²) in [5.74, 6) is -1.35. The molecular formula is C21H17F2N5OS2. The van der Waals surface area contributed by atoms with Gasteiger partial charge in [0.2, 0.25) is 5.91 Å². The van der Waals surface area contributed by atoms with Crippen LogP contribution in [0.3, 0.4) is 0 Å². The lowest BCUT2D eigenvalue weighted by atomic mass is 9.86. The Kier molecular flexibility index (Phi) is 4.98. The van der Waals surface area contributed by atoms with Crippen molar-refractivity contribution in [2.45, 2.75) is 17.2 Å². The number of nitrogens with zero attached hydrogens (tertiary/aromatic N) is 4. The van der Waals surface area contributed by atoms with E-state index in [1.165, 1.54) is 35.4 Å². The van der Waals surface area contributed by atoms with Crippen molar-refractivity contribution in [3.05, 3.63) is 62.9 Å². The summed E-state index contributed by atoms with van der Waals surface area (Å²) in [5.41, 5.74) is 6.06. The van der Waals surface area contributed by atoms with Crippen molar-refractivity contribution in [1.82, 2.24) is 9.88 Å². The molecule has 1 amide bonds. The maximum absolute atomic E-state index is 14.9. The van der Waals surface area contributed by atoms with E-state index in [9.17, 15) is 13.6 Å². The van der Waals surface area contributed by atoms with Crippen LogP contribution < -0.4 is 5.73 Å². The number of aromatic nitrogens is 1. The van der Waals surface area contributed by atoms with Gasteiger partial charge in [-0.3, -0.25) is 4.79 Å². The van der Waals surface area contributed by atoms with E-state index in [1.807, 2.05) is 6.07 Å². The van der Waals surface area contributed by atoms with E-state index in [4.69, 9.17) is 11.0 Å². The summed E-state index contributed by atoms with van der Waals surface area (Å²) < 4.78 is 28.6. The van der Waals surface area contributed by atoms with Gasteiger partial charge in [0.25, 0.3) is 0 Å². The molecule has 2 aliphatic rings. The van der Waals surface area contributed by atoms with Crippen molar-refractivity contribution in [2.24, 2.45) is 10.7 Å². The second kappa shape index (κ2) is 7.28. The lowest BCUT2D eigenvalue weighted by Crippen LogP contribution is -2.43. The molecule has 0 saturated carbocycles. The summed E-state index contributed by atoms with van der Waals surface area (Å²) in [5, 5.41) is 9.12. The molecule has 0 spiro atoms. The summed E-state index contributed by atoms with van der Waals surface area (Å²) in [7, 11) is 3.29. The quantitative estimate of drug-likeness (QED) is 0.707. The molecule has 31 heavy (non-hydrogen) atoms. The number of carbonyl (C=O) groups is 1. The van der Waals surface area contributed by atoms with Crippen LogP contribution in [-0.4, -0.2) is 39.8 Å². The van der Waals surface area contributed by atoms with Gasteiger partial charge in [-0.1, -0.05) is 23.9 Å². The first-order valence-electron chi connectivity index (χ1n) is 9.14. The van der Waals surface area contributed by atoms with Crippen molar-refractivity contribution in [3.8, 4) is 6.07 Å². The average molecular weight is 458 g/mol. The molecule has 2 atom stereocenters. The van der Waals surface area contributed by atoms with E-state index in [0.717, 1.165) is 23.1 Å². The Balaban J connectivity index is 1.74. The molecule has 6 nitrogen and oxygen atoms in total. The highest BCUT2D eigenvalue weighted by molar-refractivity contribution is 8.16. The Morgan fingerprint density at radius 2 is 2.13 bits per heavy atom. The molecule has 2 N–H and O–H groups in total. The van der Waals surface area contributed by atoms with Crippen molar-refractivity contribution < 1.29 is 13.6 Å². The SMILES string of the molecule is CN(C)C(=O)[C@]12C=C1[C@@](C)(c1cc(/C=C(\F)c3ncc(C#N)s3)ccc1F)N=C(N)S2. The van der Waals surface area contributed by atoms with Gasteiger partial charge in [0.05, 0.1) is 6.20 Å². The Hall–Kier alpha value is -3.03. The Morgan fingerprint density at radius 1 is 1.39 bits per heavy atom. The molecule has 1 aromatic heterocycles. The van der Waals surface area contributed by atoms with Gasteiger partial charge in [0.15, 0.2) is 16.0 Å². The molecule has 1 aliphatic heterocycles. The smallest absolute Gasteiger partial charge is 0.247 e. The minimum atomic E-state index is -1.19. The number of hydrogen-bond donors (Lipinski definition) is 1. The molecule has 4 rings (SSSR count). The molecule has 0 bridgehead atoms. The number of nitrogens with two attached hydrogens (primary N) is 1. The monoisotopic (exact) mass is 457 g/mol. The van der Waals surface area contributed by atoms with Crippen LogP contribution in [0.25, 0.3) is 11.9 Å². The molecule has 0 radical (unpaired) electrons. The number of nitriles is 1. The number of halogens is 2. The van der Waals surface area contributed by atoms with Crippen molar-refractivity contribution in [3.63, 3.8) is 0 Å². The fraction of sp³-hybridized carbons (Fsp3) is 0.238. The Morgan fingerprint density at radius 3 is 2.77 bits per heavy atom. The van der Waals surface area contributed by atoms with Crippen molar-refractivity contribution >= 4 is 46.1 Å². The van der Waals surface area contributed by atoms with Gasteiger partial charge in [-0.2, -0.15) is 5.26 Å². The minimum absolute atomic E-state index is 0.0606. The number of thiazole rings is 1. The number of amides is 1. The van der Waals surface area contributed by atoms with Crippen LogP contribution in [-0.2, 0) is 10.3 Å². The highest BCUT2D eigenvalue weighted by Crippen LogP contribution is 2.60. The van der Waals surface area contributed by atoms with Crippen molar-refractivity contribution in [2.75, 3.05) is 14.1 Å². The number of thioether (sulfide) groups is 1. The van der Waals surface area contributed by atoms with E-state index in [2.05, 4.69) is 9.98 Å². The van der Waals surface area contributed by atoms with Gasteiger partial charge in [0, 0.05) is 19.7 Å². The zero-order chi connectivity index (χ0) is 22.6. The van der Waals surface area contributed by atoms with E-state index in [0.29, 0.717) is 11.1 Å². The first kappa shape index (κ1) is 21.2. The predicted octanol–water partition coefficient (Wildman–Crippen LogP) is 3.67. The molecule has 1 aromatic carbocycles. The standard InChI is InChI=1S/C21H17F2N5OS2/c1-20(16-8-21(16,18(29)28(2)3)31-19(25)27-20)13-6-11(4-5-14(13)22)7-15(23)17-26-10-12(9-24)30-17/h4-8,10H,1-3H3,(H2,25,27)/b15-7-/t20-,21+/m1/s1. The summed E-state index contributed by atoms with van der Waals surface area (Å²) in [6.07, 6.45) is 4.27. The van der Waals surface area contributed by atoms with Crippen LogP contribution in [0.2, 0.25) is 0 Å². The van der Waals surface area contributed by atoms with Gasteiger partial charge >= 0.3 is 0 Å². The predicted molar refractivity (Wildman–Crippen MR) is 118 cm³/mol. The van der Waals surface area contributed by atoms with Crippen LogP contribution in [0.1, 0.15) is 27.9 Å². The maximum Gasteiger partial charge on any atom is 0.247 e. The number of aliphatic imine (C=N–C) groups is 1. The van der Waals surface area contributed by atoms with E-state index < -0.39 is 21.9 Å². The molecule has 10 heteroatoms. The van der Waals surface area contributed by atoms with Gasteiger partial charge < -0.3 is 10.6 Å². The molecule has 0 saturated heterocycles. The molecular weight excluding hydrogens is 440 g/mol. The second-order valence-electron chi connectivity index (χ2n) is 7.49. The lowest BCUT2D eigenvalue weighted by Gasteiger charge is -2.34. The van der Waals surface area contributed by atoms with Gasteiger partial charge in [0.1, 0.15) is 27.0 Å². The van der Waals surface area contributed by atoms with E-state index >= 15 is 0 Å². The van der Waals surface area contributed by atoms with Crippen LogP contribution in [0.4, 0.5) is 8.78 Å². The zero-order valence-corrected chi connectivity index (χ0v) is 18.4. The lowest BCUT2D eigenvalue weighted by molar-refractivity contribution is -0.128. The van der Waals surface area contributed by atoms with Gasteiger partial charge in [-0.25, -0.2) is 18.8 Å². The Labute approximate surface area is 185 Å². The van der Waals surface area contributed by atoms with Crippen LogP contribution in [0.5, 0.6) is 0 Å². The highest BCUT2D eigenvalue weighted by atomic mass is 32.2. The third kappa shape index (κ3) is 3.43. The fourth-order valence-corrected chi connectivity index (χ4v) is 5.56. The molecule has 1 aliphatic carbocycles. The number of fused-ring (bicyclic) bond motifs is 1. The van der Waals surface area contributed by atoms with Crippen LogP contribution in [0.15, 0.2) is 41.0 Å². The normalized spacial score (nSPS) is 24.6. The average Bonchev–Trinajstić information content (AvgIpc) is 3.27. The first-order chi connectivity index (χ1) is 14.6. The fourth-order valence-electron chi connectivity index (χ4n) is 3.63. The molecule has 158 valence electrons.